The second kappa shape index (κ2) is 6.49. The predicted molar refractivity (Wildman–Crippen MR) is 78.8 cm³/mol. The molecule has 0 radical (unpaired) electrons. The minimum Gasteiger partial charge on any atom is -0.352 e. The van der Waals surface area contributed by atoms with Crippen molar-refractivity contribution in [1.82, 2.24) is 25.4 Å². The van der Waals surface area contributed by atoms with Gasteiger partial charge in [-0.25, -0.2) is 9.67 Å². The van der Waals surface area contributed by atoms with Gasteiger partial charge in [-0.15, -0.1) is 0 Å². The molecule has 0 aliphatic carbocycles. The molecule has 0 spiro atoms. The van der Waals surface area contributed by atoms with E-state index in [0.717, 1.165) is 37.3 Å². The molecule has 1 saturated heterocycles. The molecule has 0 aromatic carbocycles. The number of aromatic nitrogens is 3. The van der Waals surface area contributed by atoms with Gasteiger partial charge < -0.3 is 10.6 Å². The first-order valence-electron chi connectivity index (χ1n) is 7.26. The minimum absolute atomic E-state index is 0.138. The van der Waals surface area contributed by atoms with Gasteiger partial charge in [0, 0.05) is 31.1 Å². The zero-order valence-electron chi connectivity index (χ0n) is 11.8. The van der Waals surface area contributed by atoms with Crippen molar-refractivity contribution in [3.8, 4) is 5.82 Å². The largest absolute Gasteiger partial charge is 0.352 e. The molecule has 2 N–H and O–H groups in total. The van der Waals surface area contributed by atoms with Crippen molar-refractivity contribution in [3.63, 3.8) is 0 Å². The number of piperidine rings is 1. The number of rotatable bonds is 4. The van der Waals surface area contributed by atoms with Crippen molar-refractivity contribution in [2.75, 3.05) is 13.1 Å². The highest BCUT2D eigenvalue weighted by Crippen LogP contribution is 2.12. The lowest BCUT2D eigenvalue weighted by molar-refractivity contribution is -0.125. The van der Waals surface area contributed by atoms with Crippen LogP contribution in [0.1, 0.15) is 18.4 Å². The third-order valence-corrected chi connectivity index (χ3v) is 3.73. The lowest BCUT2D eigenvalue weighted by Crippen LogP contribution is -2.37. The van der Waals surface area contributed by atoms with Crippen LogP contribution in [0.3, 0.4) is 0 Å². The highest BCUT2D eigenvalue weighted by Gasteiger charge is 2.20. The molecule has 1 aliphatic rings. The molecule has 3 rings (SSSR count). The Labute approximate surface area is 123 Å². The third-order valence-electron chi connectivity index (χ3n) is 3.73. The van der Waals surface area contributed by atoms with Gasteiger partial charge in [-0.1, -0.05) is 0 Å². The van der Waals surface area contributed by atoms with Crippen LogP contribution in [-0.4, -0.2) is 33.8 Å². The van der Waals surface area contributed by atoms with Crippen molar-refractivity contribution >= 4 is 5.91 Å². The van der Waals surface area contributed by atoms with Gasteiger partial charge in [0.15, 0.2) is 5.82 Å². The highest BCUT2D eigenvalue weighted by molar-refractivity contribution is 5.78. The van der Waals surface area contributed by atoms with E-state index in [0.29, 0.717) is 6.54 Å². The Balaban J connectivity index is 1.60. The Kier molecular flexibility index (Phi) is 4.25. The van der Waals surface area contributed by atoms with E-state index in [1.807, 2.05) is 24.4 Å². The van der Waals surface area contributed by atoms with Crippen LogP contribution in [-0.2, 0) is 11.3 Å². The van der Waals surface area contributed by atoms with Crippen LogP contribution in [0, 0.1) is 5.92 Å². The van der Waals surface area contributed by atoms with Crippen molar-refractivity contribution in [2.45, 2.75) is 19.4 Å². The van der Waals surface area contributed by atoms with E-state index in [1.54, 1.807) is 17.1 Å². The number of hydrogen-bond acceptors (Lipinski definition) is 4. The lowest BCUT2D eigenvalue weighted by atomic mass is 9.97. The van der Waals surface area contributed by atoms with Crippen molar-refractivity contribution < 1.29 is 4.79 Å². The minimum atomic E-state index is 0.138. The second-order valence-corrected chi connectivity index (χ2v) is 5.21. The van der Waals surface area contributed by atoms with Gasteiger partial charge in [-0.2, -0.15) is 5.10 Å². The summed E-state index contributed by atoms with van der Waals surface area (Å²) in [5, 5.41) is 10.4. The summed E-state index contributed by atoms with van der Waals surface area (Å²) in [5.74, 6) is 1.04. The number of hydrogen-bond donors (Lipinski definition) is 2. The maximum Gasteiger partial charge on any atom is 0.223 e. The van der Waals surface area contributed by atoms with E-state index in [1.165, 1.54) is 0 Å². The van der Waals surface area contributed by atoms with E-state index in [9.17, 15) is 4.79 Å². The molecular formula is C15H19N5O. The second-order valence-electron chi connectivity index (χ2n) is 5.21. The van der Waals surface area contributed by atoms with Crippen LogP contribution in [0.5, 0.6) is 0 Å². The highest BCUT2D eigenvalue weighted by atomic mass is 16.1. The normalized spacial score (nSPS) is 15.8. The first kappa shape index (κ1) is 13.8. The Morgan fingerprint density at radius 1 is 1.38 bits per heavy atom. The first-order chi connectivity index (χ1) is 10.3. The fourth-order valence-corrected chi connectivity index (χ4v) is 2.52. The summed E-state index contributed by atoms with van der Waals surface area (Å²) in [4.78, 5) is 16.4. The Hall–Kier alpha value is -2.21. The zero-order chi connectivity index (χ0) is 14.5. The molecule has 3 heterocycles. The van der Waals surface area contributed by atoms with E-state index in [2.05, 4.69) is 20.7 Å². The number of carbonyl (C=O) groups is 1. The molecule has 1 aliphatic heterocycles. The number of nitrogens with zero attached hydrogens (tertiary/aromatic N) is 3. The standard InChI is InChI=1S/C15H19N5O/c21-15(13-3-6-16-7-4-13)18-11-12-2-8-17-14(10-12)20-9-1-5-19-20/h1-2,5,8-10,13,16H,3-4,6-7,11H2,(H,18,21). The lowest BCUT2D eigenvalue weighted by Gasteiger charge is -2.21. The average molecular weight is 285 g/mol. The molecule has 6 nitrogen and oxygen atoms in total. The van der Waals surface area contributed by atoms with E-state index < -0.39 is 0 Å². The van der Waals surface area contributed by atoms with Crippen LogP contribution in [0.4, 0.5) is 0 Å². The quantitative estimate of drug-likeness (QED) is 0.875. The number of carbonyl (C=O) groups excluding carboxylic acids is 1. The molecule has 0 saturated carbocycles. The maximum atomic E-state index is 12.1. The van der Waals surface area contributed by atoms with Crippen LogP contribution in [0.15, 0.2) is 36.8 Å². The van der Waals surface area contributed by atoms with Crippen LogP contribution in [0.25, 0.3) is 5.82 Å². The SMILES string of the molecule is O=C(NCc1ccnc(-n2cccn2)c1)C1CCNCC1. The van der Waals surface area contributed by atoms with Gasteiger partial charge in [-0.05, 0) is 49.7 Å². The number of nitrogens with one attached hydrogen (secondary N) is 2. The summed E-state index contributed by atoms with van der Waals surface area (Å²) in [6.07, 6.45) is 7.14. The molecule has 0 bridgehead atoms. The van der Waals surface area contributed by atoms with Crippen molar-refractivity contribution in [1.29, 1.82) is 0 Å². The van der Waals surface area contributed by atoms with Crippen LogP contribution < -0.4 is 10.6 Å². The smallest absolute Gasteiger partial charge is 0.223 e. The van der Waals surface area contributed by atoms with E-state index in [4.69, 9.17) is 0 Å². The summed E-state index contributed by atoms with van der Waals surface area (Å²) in [6, 6.07) is 5.71. The Morgan fingerprint density at radius 2 is 2.24 bits per heavy atom. The molecule has 21 heavy (non-hydrogen) atoms. The molecule has 2 aromatic heterocycles. The zero-order valence-corrected chi connectivity index (χ0v) is 11.8. The fraction of sp³-hybridized carbons (Fsp3) is 0.400. The number of amides is 1. The summed E-state index contributed by atoms with van der Waals surface area (Å²) >= 11 is 0. The fourth-order valence-electron chi connectivity index (χ4n) is 2.52. The molecule has 1 fully saturated rings. The molecule has 0 unspecified atom stereocenters. The molecule has 110 valence electrons. The van der Waals surface area contributed by atoms with Crippen molar-refractivity contribution in [3.05, 3.63) is 42.4 Å². The number of pyridine rings is 1. The molecule has 2 aromatic rings. The van der Waals surface area contributed by atoms with Gasteiger partial charge in [0.05, 0.1) is 0 Å². The van der Waals surface area contributed by atoms with Crippen LogP contribution in [0.2, 0.25) is 0 Å². The summed E-state index contributed by atoms with van der Waals surface area (Å²) in [6.45, 7) is 2.38. The molecule has 6 heteroatoms. The van der Waals surface area contributed by atoms with Gasteiger partial charge in [0.2, 0.25) is 5.91 Å². The third kappa shape index (κ3) is 3.46. The van der Waals surface area contributed by atoms with Crippen molar-refractivity contribution in [2.24, 2.45) is 5.92 Å². The summed E-state index contributed by atoms with van der Waals surface area (Å²) in [5.41, 5.74) is 1.03. The van der Waals surface area contributed by atoms with E-state index >= 15 is 0 Å². The first-order valence-corrected chi connectivity index (χ1v) is 7.26. The molecule has 0 atom stereocenters. The Morgan fingerprint density at radius 3 is 3.00 bits per heavy atom. The summed E-state index contributed by atoms with van der Waals surface area (Å²) in [7, 11) is 0. The van der Waals surface area contributed by atoms with Gasteiger partial charge in [-0.3, -0.25) is 4.79 Å². The maximum absolute atomic E-state index is 12.1. The monoisotopic (exact) mass is 285 g/mol. The van der Waals surface area contributed by atoms with Crippen LogP contribution >= 0.6 is 0 Å². The van der Waals surface area contributed by atoms with Gasteiger partial charge in [0.25, 0.3) is 0 Å². The van der Waals surface area contributed by atoms with E-state index in [-0.39, 0.29) is 11.8 Å². The van der Waals surface area contributed by atoms with Gasteiger partial charge >= 0.3 is 0 Å². The molecular weight excluding hydrogens is 266 g/mol. The average Bonchev–Trinajstić information content (AvgIpc) is 3.08. The summed E-state index contributed by atoms with van der Waals surface area (Å²) < 4.78 is 1.71. The molecule has 1 amide bonds. The Bertz CT molecular complexity index is 590. The topological polar surface area (TPSA) is 71.8 Å². The van der Waals surface area contributed by atoms with Gasteiger partial charge in [0.1, 0.15) is 0 Å². The predicted octanol–water partition coefficient (Wildman–Crippen LogP) is 0.883.